The number of pyridine rings is 4. The summed E-state index contributed by atoms with van der Waals surface area (Å²) < 4.78 is 58.1. The van der Waals surface area contributed by atoms with Crippen LogP contribution in [0.25, 0.3) is 55.0 Å². The highest BCUT2D eigenvalue weighted by Crippen LogP contribution is 2.44. The van der Waals surface area contributed by atoms with Gasteiger partial charge >= 0.3 is 24.1 Å². The van der Waals surface area contributed by atoms with Gasteiger partial charge < -0.3 is 118 Å². The SMILES string of the molecule is C#CCOCCCCCNC(=O)Oc1ccc2nc3c(c(CC)c2c1)Cn1c-3cc2c(c1=O)COC(=O)[C@]2(O)CC.CCc1c2c(nc3ccc(OC(=O)NCCCCCOCc4cn(CCO[C@H]5O[C@@H](CO)[C@H](O)[C@@H](O)[C@@H]5O)nn4)cc13)-c1cc3c(c(=O)n1C2)COC(=O)[C@]3(O)CC.[N-]=[N+]=NCCO[C@H]1O[C@@H](CO)[C@H](O)[C@@H](O)[C@@H]1O. The lowest BCUT2D eigenvalue weighted by Crippen LogP contribution is -2.59. The summed E-state index contributed by atoms with van der Waals surface area (Å²) in [6.07, 6.45) is -1.27. The lowest BCUT2D eigenvalue weighted by atomic mass is 9.86. The molecule has 2 amide bonds. The van der Waals surface area contributed by atoms with Crippen LogP contribution >= 0.6 is 0 Å². The Morgan fingerprint density at radius 2 is 1.10 bits per heavy atom. The summed E-state index contributed by atoms with van der Waals surface area (Å²) in [4.78, 5) is 89.4. The first-order chi connectivity index (χ1) is 55.9. The van der Waals surface area contributed by atoms with Crippen LogP contribution in [-0.2, 0) is 111 Å². The van der Waals surface area contributed by atoms with Crippen molar-refractivity contribution >= 4 is 45.9 Å². The van der Waals surface area contributed by atoms with Crippen LogP contribution in [-0.4, -0.2) is 237 Å². The normalized spacial score (nSPS) is 23.3. The third-order valence-electron chi connectivity index (χ3n) is 21.0. The quantitative estimate of drug-likeness (QED) is 0.00740. The van der Waals surface area contributed by atoms with E-state index >= 15 is 0 Å². The summed E-state index contributed by atoms with van der Waals surface area (Å²) in [6.45, 7) is 9.40. The highest BCUT2D eigenvalue weighted by atomic mass is 16.7. The number of aryl methyl sites for hydroxylation is 2. The Kier molecular flexibility index (Phi) is 29.4. The second-order valence-electron chi connectivity index (χ2n) is 28.2. The molecule has 0 radical (unpaired) electrons. The molecular formula is C78H96N12O26. The number of aliphatic hydroxyl groups is 10. The average Bonchev–Trinajstić information content (AvgIpc) is 1.55. The summed E-state index contributed by atoms with van der Waals surface area (Å²) in [6, 6.07) is 13.9. The molecule has 624 valence electrons. The van der Waals surface area contributed by atoms with Crippen molar-refractivity contribution in [2.75, 3.05) is 65.9 Å². The number of esters is 2. The number of rotatable bonds is 31. The van der Waals surface area contributed by atoms with Gasteiger partial charge in [-0.25, -0.2) is 33.8 Å². The molecule has 116 heavy (non-hydrogen) atoms. The first-order valence-electron chi connectivity index (χ1n) is 38.4. The number of cyclic esters (lactones) is 2. The molecule has 6 aliphatic heterocycles. The average molecular weight is 1620 g/mol. The molecule has 2 aromatic carbocycles. The van der Waals surface area contributed by atoms with Crippen molar-refractivity contribution in [3.63, 3.8) is 0 Å². The molecule has 2 fully saturated rings. The number of benzene rings is 2. The van der Waals surface area contributed by atoms with Gasteiger partial charge in [0.1, 0.15) is 85.8 Å². The van der Waals surface area contributed by atoms with E-state index in [0.29, 0.717) is 110 Å². The van der Waals surface area contributed by atoms with E-state index in [1.54, 1.807) is 77.7 Å². The van der Waals surface area contributed by atoms with E-state index in [1.165, 1.54) is 4.68 Å². The molecule has 38 heteroatoms. The number of hydrogen-bond donors (Lipinski definition) is 12. The Morgan fingerprint density at radius 1 is 0.629 bits per heavy atom. The predicted molar refractivity (Wildman–Crippen MR) is 406 cm³/mol. The van der Waals surface area contributed by atoms with Crippen LogP contribution in [0, 0.1) is 12.3 Å². The molecule has 12 N–H and O–H groups in total. The molecule has 11 heterocycles. The number of aromatic nitrogens is 7. The van der Waals surface area contributed by atoms with E-state index in [4.69, 9.17) is 74.4 Å². The molecule has 5 aromatic heterocycles. The Bertz CT molecular complexity index is 4930. The van der Waals surface area contributed by atoms with Crippen molar-refractivity contribution in [1.82, 2.24) is 44.7 Å². The molecule has 6 aliphatic rings. The highest BCUT2D eigenvalue weighted by molar-refractivity contribution is 5.92. The van der Waals surface area contributed by atoms with Gasteiger partial charge in [-0.1, -0.05) is 43.9 Å². The van der Waals surface area contributed by atoms with Gasteiger partial charge in [-0.2, -0.15) is 0 Å². The van der Waals surface area contributed by atoms with Crippen molar-refractivity contribution in [2.24, 2.45) is 5.11 Å². The van der Waals surface area contributed by atoms with Crippen molar-refractivity contribution in [2.45, 2.75) is 204 Å². The monoisotopic (exact) mass is 1620 g/mol. The largest absolute Gasteiger partial charge is 0.458 e. The number of terminal acetylenes is 1. The van der Waals surface area contributed by atoms with E-state index in [0.717, 1.165) is 65.1 Å². The zero-order valence-electron chi connectivity index (χ0n) is 64.4. The topological polar surface area (TPSA) is 536 Å². The summed E-state index contributed by atoms with van der Waals surface area (Å²) in [5.74, 6) is 1.64. The summed E-state index contributed by atoms with van der Waals surface area (Å²) >= 11 is 0. The Hall–Kier alpha value is -9.99. The number of ether oxygens (including phenoxy) is 10. The fourth-order valence-corrected chi connectivity index (χ4v) is 14.6. The number of carbonyl (C=O) groups is 4. The highest BCUT2D eigenvalue weighted by Gasteiger charge is 2.49. The lowest BCUT2D eigenvalue weighted by Gasteiger charge is -2.39. The van der Waals surface area contributed by atoms with Gasteiger partial charge in [-0.05, 0) is 129 Å². The number of azide groups is 1. The Morgan fingerprint density at radius 3 is 1.55 bits per heavy atom. The van der Waals surface area contributed by atoms with Crippen LogP contribution in [0.3, 0.4) is 0 Å². The van der Waals surface area contributed by atoms with Crippen LogP contribution in [0.4, 0.5) is 9.59 Å². The minimum absolute atomic E-state index is 0.00719. The van der Waals surface area contributed by atoms with Gasteiger partial charge in [0.2, 0.25) is 0 Å². The smallest absolute Gasteiger partial charge is 0.412 e. The molecule has 2 saturated heterocycles. The number of aliphatic hydroxyl groups excluding tert-OH is 8. The van der Waals surface area contributed by atoms with E-state index in [-0.39, 0.29) is 98.9 Å². The second kappa shape index (κ2) is 39.3. The number of hydrogen-bond acceptors (Lipinski definition) is 31. The van der Waals surface area contributed by atoms with E-state index < -0.39 is 110 Å². The first kappa shape index (κ1) is 86.9. The molecule has 12 atom stereocenters. The van der Waals surface area contributed by atoms with Crippen molar-refractivity contribution in [3.05, 3.63) is 136 Å². The van der Waals surface area contributed by atoms with E-state index in [9.17, 15) is 74.7 Å². The van der Waals surface area contributed by atoms with Crippen LogP contribution in [0.5, 0.6) is 11.5 Å². The molecular weight excluding hydrogens is 1520 g/mol. The standard InChI is InChI=1S/C39H48N6O13.C31H33N3O7.C8H15N3O6/c1-3-23-24-14-22(8-9-28(24)41-31-25(23)17-45-29(31)15-27-26(35(45)50)20-56-37(51)39(27,53)4-2)57-38(52)40-10-6-5-7-12-54-19-21-16-44(43-42-21)11-13-55-36-34(49)33(48)32(47)30(18-46)58-36;1-4-13-39-14-9-7-8-12-32-30(37)41-19-10-11-25-21(15-19)20(5-2)22-17-34-26(27(22)33-25)16-24-23(28(34)35)18-40-29(36)31(24,38)6-3;9-11-10-1-2-16-8-7(15)6(14)5(13)4(3-12)17-8/h8-9,14-16,30,32-34,36,46-49,53H,3-7,10-13,17-20H2,1-2H3,(H,40,52);1,10-11,15-16,38H,5-9,12-14,17-18H2,2-3H3,(H,32,37);4-8,12-15H,1-3H2/t30-,32-,33+,34-,36-,39-;31-;4-,5-,6+,7-,8-/m000/s1. The van der Waals surface area contributed by atoms with E-state index in [1.807, 2.05) is 13.8 Å². The predicted octanol–water partition coefficient (Wildman–Crippen LogP) is 2.19. The zero-order chi connectivity index (χ0) is 83.1. The van der Waals surface area contributed by atoms with Crippen LogP contribution in [0.15, 0.2) is 69.4 Å². The minimum Gasteiger partial charge on any atom is -0.458 e. The van der Waals surface area contributed by atoms with E-state index in [2.05, 4.69) is 36.9 Å². The molecule has 0 bridgehead atoms. The third-order valence-corrected chi connectivity index (χ3v) is 21.0. The minimum atomic E-state index is -1.91. The summed E-state index contributed by atoms with van der Waals surface area (Å²) in [5, 5.41) is 117. The first-order valence-corrected chi connectivity index (χ1v) is 38.4. The fourth-order valence-electron chi connectivity index (χ4n) is 14.6. The summed E-state index contributed by atoms with van der Waals surface area (Å²) in [5.41, 5.74) is 12.7. The molecule has 0 unspecified atom stereocenters. The van der Waals surface area contributed by atoms with Gasteiger partial charge in [-0.3, -0.25) is 9.59 Å². The number of fused-ring (bicyclic) bond motifs is 10. The van der Waals surface area contributed by atoms with Gasteiger partial charge in [0.05, 0.1) is 104 Å². The summed E-state index contributed by atoms with van der Waals surface area (Å²) in [7, 11) is 0. The molecule has 0 aliphatic carbocycles. The van der Waals surface area contributed by atoms with Crippen LogP contribution in [0.1, 0.15) is 129 Å². The number of unbranched alkanes of at least 4 members (excludes halogenated alkanes) is 4. The number of nitrogens with zero attached hydrogens (tertiary/aromatic N) is 10. The number of nitrogens with one attached hydrogen (secondary N) is 2. The molecule has 38 nitrogen and oxygen atoms in total. The maximum absolute atomic E-state index is 13.6. The van der Waals surface area contributed by atoms with Gasteiger partial charge in [-0.15, -0.1) is 11.5 Å². The molecule has 13 rings (SSSR count). The van der Waals surface area contributed by atoms with Gasteiger partial charge in [0, 0.05) is 70.8 Å². The number of carbonyl (C=O) groups excluding carboxylic acids is 4. The molecule has 0 saturated carbocycles. The number of amides is 2. The van der Waals surface area contributed by atoms with Gasteiger partial charge in [0.15, 0.2) is 23.8 Å². The van der Waals surface area contributed by atoms with Crippen molar-refractivity contribution in [1.29, 1.82) is 0 Å². The van der Waals surface area contributed by atoms with Crippen LogP contribution in [0.2, 0.25) is 0 Å². The maximum Gasteiger partial charge on any atom is 0.412 e. The fraction of sp³-hybridized carbons (Fsp3) is 0.538. The Labute approximate surface area is 663 Å². The van der Waals surface area contributed by atoms with Crippen LogP contribution < -0.4 is 31.2 Å². The Balaban J connectivity index is 0.000000197. The van der Waals surface area contributed by atoms with Crippen molar-refractivity contribution in [3.8, 4) is 46.6 Å². The molecule has 7 aromatic rings. The molecule has 0 spiro atoms. The van der Waals surface area contributed by atoms with Gasteiger partial charge in [0.25, 0.3) is 11.1 Å². The lowest BCUT2D eigenvalue weighted by molar-refractivity contribution is -0.301. The maximum atomic E-state index is 13.6. The third kappa shape index (κ3) is 18.8. The second-order valence-corrected chi connectivity index (χ2v) is 28.2. The van der Waals surface area contributed by atoms with Crippen molar-refractivity contribution < 1.29 is 118 Å². The zero-order valence-corrected chi connectivity index (χ0v) is 64.4.